The van der Waals surface area contributed by atoms with Crippen LogP contribution in [0.2, 0.25) is 0 Å². The highest BCUT2D eigenvalue weighted by Gasteiger charge is 2.05. The Morgan fingerprint density at radius 2 is 2.31 bits per heavy atom. The zero-order chi connectivity index (χ0) is 11.4. The minimum atomic E-state index is 0.773. The topological polar surface area (TPSA) is 68.5 Å². The van der Waals surface area contributed by atoms with Crippen molar-refractivity contribution < 1.29 is 0 Å². The third-order valence-corrected chi connectivity index (χ3v) is 2.79. The molecule has 0 unspecified atom stereocenters. The summed E-state index contributed by atoms with van der Waals surface area (Å²) in [6.45, 7) is 2.84. The number of anilines is 1. The van der Waals surface area contributed by atoms with Crippen LogP contribution in [-0.4, -0.2) is 31.3 Å². The first kappa shape index (κ1) is 10.9. The molecule has 1 N–H and O–H groups in total. The van der Waals surface area contributed by atoms with E-state index in [-0.39, 0.29) is 0 Å². The van der Waals surface area contributed by atoms with Gasteiger partial charge in [0.2, 0.25) is 0 Å². The van der Waals surface area contributed by atoms with Gasteiger partial charge in [0.25, 0.3) is 0 Å². The van der Waals surface area contributed by atoms with Crippen LogP contribution in [0.5, 0.6) is 0 Å². The Hall–Kier alpha value is -1.63. The molecule has 0 fully saturated rings. The van der Waals surface area contributed by atoms with Crippen LogP contribution >= 0.6 is 11.8 Å². The second-order valence-electron chi connectivity index (χ2n) is 3.04. The molecule has 0 aliphatic heterocycles. The normalized spacial score (nSPS) is 10.4. The molecule has 0 aliphatic carbocycles. The van der Waals surface area contributed by atoms with Crippen LogP contribution in [0.25, 0.3) is 0 Å². The summed E-state index contributed by atoms with van der Waals surface area (Å²) < 4.78 is 1.70. The molecule has 0 bridgehead atoms. The Balaban J connectivity index is 2.15. The van der Waals surface area contributed by atoms with Crippen LogP contribution in [0.15, 0.2) is 28.9 Å². The van der Waals surface area contributed by atoms with Crippen LogP contribution in [-0.2, 0) is 7.05 Å². The van der Waals surface area contributed by atoms with Crippen molar-refractivity contribution in [2.45, 2.75) is 17.1 Å². The first-order valence-corrected chi connectivity index (χ1v) is 5.69. The number of aryl methyl sites for hydroxylation is 1. The lowest BCUT2D eigenvalue weighted by Gasteiger charge is -2.03. The largest absolute Gasteiger partial charge is 0.369 e. The Morgan fingerprint density at radius 1 is 1.44 bits per heavy atom. The maximum absolute atomic E-state index is 4.39. The van der Waals surface area contributed by atoms with Gasteiger partial charge in [-0.1, -0.05) is 0 Å². The van der Waals surface area contributed by atoms with Crippen molar-refractivity contribution >= 4 is 17.6 Å². The van der Waals surface area contributed by atoms with Crippen molar-refractivity contribution in [3.05, 3.63) is 18.7 Å². The van der Waals surface area contributed by atoms with Crippen molar-refractivity contribution in [2.75, 3.05) is 11.9 Å². The molecule has 2 aromatic rings. The summed E-state index contributed by atoms with van der Waals surface area (Å²) in [7, 11) is 1.84. The highest BCUT2D eigenvalue weighted by molar-refractivity contribution is 7.99. The van der Waals surface area contributed by atoms with Crippen molar-refractivity contribution in [1.82, 2.24) is 24.7 Å². The smallest absolute Gasteiger partial charge is 0.192 e. The van der Waals surface area contributed by atoms with Crippen LogP contribution in [0.1, 0.15) is 6.92 Å². The molecule has 0 saturated heterocycles. The second-order valence-corrected chi connectivity index (χ2v) is 4.03. The number of nitrogens with one attached hydrogen (secondary N) is 1. The fourth-order valence-corrected chi connectivity index (χ4v) is 1.86. The predicted molar refractivity (Wildman–Crippen MR) is 61.3 cm³/mol. The average Bonchev–Trinajstić information content (AvgIpc) is 2.66. The molecular formula is C9H12N6S. The summed E-state index contributed by atoms with van der Waals surface area (Å²) in [5, 5.41) is 8.70. The van der Waals surface area contributed by atoms with Gasteiger partial charge in [0.1, 0.15) is 17.2 Å². The molecule has 16 heavy (non-hydrogen) atoms. The third-order valence-electron chi connectivity index (χ3n) is 1.84. The number of rotatable bonds is 4. The molecule has 2 heterocycles. The van der Waals surface area contributed by atoms with E-state index in [9.17, 15) is 0 Å². The monoisotopic (exact) mass is 236 g/mol. The number of aromatic nitrogens is 5. The first-order chi connectivity index (χ1) is 7.79. The Bertz CT molecular complexity index is 469. The molecule has 0 aliphatic rings. The summed E-state index contributed by atoms with van der Waals surface area (Å²) in [6.07, 6.45) is 4.92. The van der Waals surface area contributed by atoms with E-state index in [0.29, 0.717) is 0 Å². The second kappa shape index (κ2) is 4.93. The van der Waals surface area contributed by atoms with E-state index in [1.165, 1.54) is 18.1 Å². The highest BCUT2D eigenvalue weighted by Crippen LogP contribution is 2.23. The zero-order valence-electron chi connectivity index (χ0n) is 9.08. The van der Waals surface area contributed by atoms with Gasteiger partial charge in [-0.25, -0.2) is 14.6 Å². The summed E-state index contributed by atoms with van der Waals surface area (Å²) in [5.41, 5.74) is 0. The van der Waals surface area contributed by atoms with Gasteiger partial charge in [-0.05, 0) is 18.7 Å². The zero-order valence-corrected chi connectivity index (χ0v) is 9.90. The Morgan fingerprint density at radius 3 is 3.00 bits per heavy atom. The minimum Gasteiger partial charge on any atom is -0.369 e. The summed E-state index contributed by atoms with van der Waals surface area (Å²) in [4.78, 5) is 12.6. The predicted octanol–water partition coefficient (Wildman–Crippen LogP) is 1.19. The standard InChI is InChI=1S/C9H12N6S/c1-3-11-7-4-10-5-8(14-7)16-9-12-6-13-15(9)2/h4-6H,3H2,1-2H3,(H,11,14). The SMILES string of the molecule is CCNc1cncc(Sc2ncnn2C)n1. The summed E-state index contributed by atoms with van der Waals surface area (Å²) >= 11 is 1.44. The maximum Gasteiger partial charge on any atom is 0.192 e. The lowest BCUT2D eigenvalue weighted by Crippen LogP contribution is -2.00. The first-order valence-electron chi connectivity index (χ1n) is 4.87. The fraction of sp³-hybridized carbons (Fsp3) is 0.333. The van der Waals surface area contributed by atoms with Crippen molar-refractivity contribution in [3.63, 3.8) is 0 Å². The Labute approximate surface area is 97.5 Å². The van der Waals surface area contributed by atoms with Crippen LogP contribution in [0.3, 0.4) is 0 Å². The summed E-state index contributed by atoms with van der Waals surface area (Å²) in [6, 6.07) is 0. The lowest BCUT2D eigenvalue weighted by atomic mass is 10.6. The van der Waals surface area contributed by atoms with Gasteiger partial charge in [0, 0.05) is 13.6 Å². The van der Waals surface area contributed by atoms with Crippen molar-refractivity contribution in [1.29, 1.82) is 0 Å². The molecule has 84 valence electrons. The molecular weight excluding hydrogens is 224 g/mol. The van der Waals surface area contributed by atoms with Crippen molar-refractivity contribution in [3.8, 4) is 0 Å². The van der Waals surface area contributed by atoms with Crippen LogP contribution in [0, 0.1) is 0 Å². The van der Waals surface area contributed by atoms with E-state index in [1.54, 1.807) is 17.1 Å². The van der Waals surface area contributed by atoms with E-state index in [1.807, 2.05) is 14.0 Å². The van der Waals surface area contributed by atoms with Gasteiger partial charge < -0.3 is 5.32 Å². The molecule has 0 spiro atoms. The molecule has 6 nitrogen and oxygen atoms in total. The average molecular weight is 236 g/mol. The van der Waals surface area contributed by atoms with E-state index in [0.717, 1.165) is 22.5 Å². The number of hydrogen-bond acceptors (Lipinski definition) is 6. The van der Waals surface area contributed by atoms with Crippen LogP contribution in [0.4, 0.5) is 5.82 Å². The van der Waals surface area contributed by atoms with Gasteiger partial charge in [-0.15, -0.1) is 0 Å². The molecule has 2 rings (SSSR count). The molecule has 2 aromatic heterocycles. The van der Waals surface area contributed by atoms with E-state index >= 15 is 0 Å². The molecule has 0 saturated carbocycles. The third kappa shape index (κ3) is 2.48. The molecule has 0 atom stereocenters. The maximum atomic E-state index is 4.39. The fourth-order valence-electron chi connectivity index (χ4n) is 1.14. The van der Waals surface area contributed by atoms with Crippen molar-refractivity contribution in [2.24, 2.45) is 7.05 Å². The van der Waals surface area contributed by atoms with E-state index in [2.05, 4.69) is 25.4 Å². The quantitative estimate of drug-likeness (QED) is 0.860. The summed E-state index contributed by atoms with van der Waals surface area (Å²) in [5.74, 6) is 0.773. The molecule has 0 aromatic carbocycles. The number of hydrogen-bond donors (Lipinski definition) is 1. The van der Waals surface area contributed by atoms with Gasteiger partial charge in [-0.3, -0.25) is 4.98 Å². The lowest BCUT2D eigenvalue weighted by molar-refractivity contribution is 0.684. The molecule has 7 heteroatoms. The highest BCUT2D eigenvalue weighted by atomic mass is 32.2. The molecule has 0 amide bonds. The molecule has 0 radical (unpaired) electrons. The van der Waals surface area contributed by atoms with Gasteiger partial charge >= 0.3 is 0 Å². The van der Waals surface area contributed by atoms with E-state index < -0.39 is 0 Å². The van der Waals surface area contributed by atoms with Gasteiger partial charge in [-0.2, -0.15) is 5.10 Å². The van der Waals surface area contributed by atoms with E-state index in [4.69, 9.17) is 0 Å². The number of nitrogens with zero attached hydrogens (tertiary/aromatic N) is 5. The van der Waals surface area contributed by atoms with Crippen LogP contribution < -0.4 is 5.32 Å². The Kier molecular flexibility index (Phi) is 3.35. The van der Waals surface area contributed by atoms with Gasteiger partial charge in [0.15, 0.2) is 5.16 Å². The minimum absolute atomic E-state index is 0.773. The van der Waals surface area contributed by atoms with Gasteiger partial charge in [0.05, 0.1) is 12.4 Å².